The third-order valence-electron chi connectivity index (χ3n) is 5.86. The van der Waals surface area contributed by atoms with Crippen LogP contribution < -0.4 is 10.6 Å². The second-order valence-corrected chi connectivity index (χ2v) is 8.76. The van der Waals surface area contributed by atoms with Gasteiger partial charge in [0.15, 0.2) is 5.78 Å². The second kappa shape index (κ2) is 8.52. The maximum Gasteiger partial charge on any atom is 0.252 e. The summed E-state index contributed by atoms with van der Waals surface area (Å²) >= 11 is 1.45. The van der Waals surface area contributed by atoms with Gasteiger partial charge in [0.2, 0.25) is 5.91 Å². The summed E-state index contributed by atoms with van der Waals surface area (Å²) in [6.07, 6.45) is 4.51. The van der Waals surface area contributed by atoms with Crippen LogP contribution in [0.4, 0.5) is 0 Å². The molecule has 0 aromatic carbocycles. The first-order chi connectivity index (χ1) is 12.9. The summed E-state index contributed by atoms with van der Waals surface area (Å²) in [5.74, 6) is -0.717. The van der Waals surface area contributed by atoms with Gasteiger partial charge in [0, 0.05) is 11.9 Å². The maximum atomic E-state index is 12.8. The predicted octanol–water partition coefficient (Wildman–Crippen LogP) is 2.54. The lowest BCUT2D eigenvalue weighted by Crippen LogP contribution is -2.51. The van der Waals surface area contributed by atoms with E-state index >= 15 is 0 Å². The van der Waals surface area contributed by atoms with E-state index in [4.69, 9.17) is 4.74 Å². The molecule has 7 heteroatoms. The number of Topliss-reactive ketones (excluding diaryl/α,β-unsaturated/α-hetero) is 1. The SMILES string of the molecule is CC[C@@H]1OCC(=O)C1CNC(=O)[C@H](CC1(C)CCC1)NC(=O)c1ccsc1. The highest BCUT2D eigenvalue weighted by molar-refractivity contribution is 7.08. The van der Waals surface area contributed by atoms with Crippen LogP contribution in [0, 0.1) is 11.3 Å². The molecule has 148 valence electrons. The van der Waals surface area contributed by atoms with Gasteiger partial charge in [-0.3, -0.25) is 14.4 Å². The van der Waals surface area contributed by atoms with E-state index in [0.717, 1.165) is 25.7 Å². The molecule has 0 radical (unpaired) electrons. The Bertz CT molecular complexity index is 684. The predicted molar refractivity (Wildman–Crippen MR) is 104 cm³/mol. The number of carbonyl (C=O) groups is 3. The van der Waals surface area contributed by atoms with E-state index in [-0.39, 0.29) is 48.2 Å². The van der Waals surface area contributed by atoms with E-state index in [1.165, 1.54) is 11.3 Å². The Morgan fingerprint density at radius 3 is 2.78 bits per heavy atom. The van der Waals surface area contributed by atoms with Crippen molar-refractivity contribution in [3.63, 3.8) is 0 Å². The minimum Gasteiger partial charge on any atom is -0.370 e. The normalized spacial score (nSPS) is 24.9. The van der Waals surface area contributed by atoms with E-state index in [2.05, 4.69) is 17.6 Å². The van der Waals surface area contributed by atoms with E-state index < -0.39 is 6.04 Å². The van der Waals surface area contributed by atoms with Crippen molar-refractivity contribution in [2.45, 2.75) is 58.1 Å². The van der Waals surface area contributed by atoms with Gasteiger partial charge in [-0.05, 0) is 42.5 Å². The second-order valence-electron chi connectivity index (χ2n) is 7.98. The Morgan fingerprint density at radius 1 is 1.41 bits per heavy atom. The first-order valence-electron chi connectivity index (χ1n) is 9.67. The molecule has 2 N–H and O–H groups in total. The summed E-state index contributed by atoms with van der Waals surface area (Å²) in [5.41, 5.74) is 0.657. The van der Waals surface area contributed by atoms with Gasteiger partial charge in [-0.15, -0.1) is 0 Å². The van der Waals surface area contributed by atoms with Crippen molar-refractivity contribution in [1.82, 2.24) is 10.6 Å². The van der Waals surface area contributed by atoms with Crippen LogP contribution in [0.3, 0.4) is 0 Å². The molecule has 1 aliphatic heterocycles. The van der Waals surface area contributed by atoms with Crippen molar-refractivity contribution in [3.05, 3.63) is 22.4 Å². The van der Waals surface area contributed by atoms with Gasteiger partial charge in [0.1, 0.15) is 12.6 Å². The quantitative estimate of drug-likeness (QED) is 0.712. The number of amides is 2. The molecule has 1 unspecified atom stereocenters. The fourth-order valence-electron chi connectivity index (χ4n) is 3.92. The molecule has 0 spiro atoms. The van der Waals surface area contributed by atoms with E-state index in [1.54, 1.807) is 11.4 Å². The summed E-state index contributed by atoms with van der Waals surface area (Å²) in [4.78, 5) is 37.3. The highest BCUT2D eigenvalue weighted by Gasteiger charge is 2.39. The zero-order chi connectivity index (χ0) is 19.4. The summed E-state index contributed by atoms with van der Waals surface area (Å²) in [6, 6.07) is 1.15. The van der Waals surface area contributed by atoms with Gasteiger partial charge < -0.3 is 15.4 Å². The molecule has 1 aromatic heterocycles. The van der Waals surface area contributed by atoms with Crippen LogP contribution in [0.25, 0.3) is 0 Å². The molecule has 3 rings (SSSR count). The number of carbonyl (C=O) groups excluding carboxylic acids is 3. The van der Waals surface area contributed by atoms with Crippen molar-refractivity contribution in [2.75, 3.05) is 13.2 Å². The lowest BCUT2D eigenvalue weighted by atomic mass is 9.67. The molecule has 2 aliphatic rings. The van der Waals surface area contributed by atoms with E-state index in [9.17, 15) is 14.4 Å². The third-order valence-corrected chi connectivity index (χ3v) is 6.55. The molecular formula is C20H28N2O4S. The standard InChI is InChI=1S/C20H28N2O4S/c1-3-17-14(16(23)11-26-17)10-21-19(25)15(9-20(2)6-4-7-20)22-18(24)13-5-8-27-12-13/h5,8,12,14-15,17H,3-4,6-7,9-11H2,1-2H3,(H,21,25)(H,22,24)/t14?,15-,17-/m0/s1. The number of ketones is 1. The molecule has 3 atom stereocenters. The van der Waals surface area contributed by atoms with Gasteiger partial charge in [0.05, 0.1) is 17.6 Å². The van der Waals surface area contributed by atoms with Gasteiger partial charge in [-0.1, -0.05) is 20.3 Å². The van der Waals surface area contributed by atoms with E-state index in [0.29, 0.717) is 12.0 Å². The first-order valence-corrected chi connectivity index (χ1v) is 10.6. The Labute approximate surface area is 164 Å². The molecule has 1 saturated heterocycles. The Hall–Kier alpha value is -1.73. The Kier molecular flexibility index (Phi) is 6.32. The van der Waals surface area contributed by atoms with Crippen LogP contribution in [-0.4, -0.2) is 42.9 Å². The zero-order valence-corrected chi connectivity index (χ0v) is 16.8. The number of nitrogens with one attached hydrogen (secondary N) is 2. The highest BCUT2D eigenvalue weighted by Crippen LogP contribution is 2.44. The number of ether oxygens (including phenoxy) is 1. The molecule has 1 aliphatic carbocycles. The maximum absolute atomic E-state index is 12.8. The highest BCUT2D eigenvalue weighted by atomic mass is 32.1. The van der Waals surface area contributed by atoms with Crippen LogP contribution in [0.15, 0.2) is 16.8 Å². The average molecular weight is 393 g/mol. The Balaban J connectivity index is 1.63. The smallest absolute Gasteiger partial charge is 0.252 e. The third kappa shape index (κ3) is 4.76. The molecule has 0 bridgehead atoms. The molecule has 27 heavy (non-hydrogen) atoms. The molecule has 6 nitrogen and oxygen atoms in total. The number of hydrogen-bond donors (Lipinski definition) is 2. The summed E-state index contributed by atoms with van der Waals surface area (Å²) in [5, 5.41) is 9.40. The fraction of sp³-hybridized carbons (Fsp3) is 0.650. The summed E-state index contributed by atoms with van der Waals surface area (Å²) in [7, 11) is 0. The summed E-state index contributed by atoms with van der Waals surface area (Å²) < 4.78 is 5.47. The minimum atomic E-state index is -0.597. The number of rotatable bonds is 8. The molecule has 1 aromatic rings. The molecule has 1 saturated carbocycles. The van der Waals surface area contributed by atoms with Crippen LogP contribution >= 0.6 is 11.3 Å². The van der Waals surface area contributed by atoms with Gasteiger partial charge >= 0.3 is 0 Å². The van der Waals surface area contributed by atoms with Crippen molar-refractivity contribution in [2.24, 2.45) is 11.3 Å². The fourth-order valence-corrected chi connectivity index (χ4v) is 4.56. The van der Waals surface area contributed by atoms with E-state index in [1.807, 2.05) is 12.3 Å². The molecular weight excluding hydrogens is 364 g/mol. The lowest BCUT2D eigenvalue weighted by molar-refractivity contribution is -0.125. The van der Waals surface area contributed by atoms with Gasteiger partial charge in [0.25, 0.3) is 5.91 Å². The van der Waals surface area contributed by atoms with Crippen LogP contribution in [0.5, 0.6) is 0 Å². The summed E-state index contributed by atoms with van der Waals surface area (Å²) in [6.45, 7) is 4.52. The Morgan fingerprint density at radius 2 is 2.19 bits per heavy atom. The monoisotopic (exact) mass is 392 g/mol. The zero-order valence-electron chi connectivity index (χ0n) is 16.0. The van der Waals surface area contributed by atoms with Crippen molar-refractivity contribution in [3.8, 4) is 0 Å². The molecule has 2 amide bonds. The van der Waals surface area contributed by atoms with Crippen molar-refractivity contribution in [1.29, 1.82) is 0 Å². The van der Waals surface area contributed by atoms with Crippen LogP contribution in [-0.2, 0) is 14.3 Å². The molecule has 2 heterocycles. The number of hydrogen-bond acceptors (Lipinski definition) is 5. The van der Waals surface area contributed by atoms with Gasteiger partial charge in [-0.2, -0.15) is 11.3 Å². The topological polar surface area (TPSA) is 84.5 Å². The average Bonchev–Trinajstić information content (AvgIpc) is 3.27. The largest absolute Gasteiger partial charge is 0.370 e. The van der Waals surface area contributed by atoms with Crippen molar-refractivity contribution < 1.29 is 19.1 Å². The van der Waals surface area contributed by atoms with Crippen LogP contribution in [0.2, 0.25) is 0 Å². The molecule has 2 fully saturated rings. The van der Waals surface area contributed by atoms with Gasteiger partial charge in [-0.25, -0.2) is 0 Å². The first kappa shape index (κ1) is 20.0. The lowest BCUT2D eigenvalue weighted by Gasteiger charge is -2.40. The van der Waals surface area contributed by atoms with Crippen LogP contribution in [0.1, 0.15) is 56.3 Å². The number of thiophene rings is 1. The van der Waals surface area contributed by atoms with Crippen molar-refractivity contribution >= 4 is 28.9 Å². The minimum absolute atomic E-state index is 0.0342.